The van der Waals surface area contributed by atoms with Gasteiger partial charge in [-0.15, -0.1) is 0 Å². The highest BCUT2D eigenvalue weighted by atomic mass is 32.2. The molecule has 1 N–H and O–H groups in total. The molecule has 0 heterocycles. The zero-order chi connectivity index (χ0) is 16.7. The highest BCUT2D eigenvalue weighted by Gasteiger charge is 2.15. The minimum Gasteiger partial charge on any atom is -0.340 e. The van der Waals surface area contributed by atoms with E-state index >= 15 is 0 Å². The first kappa shape index (κ1) is 17.2. The largest absolute Gasteiger partial charge is 0.340 e. The predicted octanol–water partition coefficient (Wildman–Crippen LogP) is 1.76. The molecule has 0 radical (unpaired) electrons. The Balaban J connectivity index is 1.85. The van der Waals surface area contributed by atoms with E-state index < -0.39 is 10.0 Å². The van der Waals surface area contributed by atoms with Gasteiger partial charge in [-0.3, -0.25) is 4.79 Å². The van der Waals surface area contributed by atoms with Crippen LogP contribution in [0.5, 0.6) is 0 Å². The molecule has 0 atom stereocenters. The summed E-state index contributed by atoms with van der Waals surface area (Å²) < 4.78 is 26.4. The highest BCUT2D eigenvalue weighted by molar-refractivity contribution is 7.88. The van der Waals surface area contributed by atoms with E-state index in [0.717, 1.165) is 5.56 Å². The molecule has 0 spiro atoms. The summed E-state index contributed by atoms with van der Waals surface area (Å²) in [6.07, 6.45) is 0. The molecule has 2 rings (SSSR count). The lowest BCUT2D eigenvalue weighted by molar-refractivity contribution is -0.129. The smallest absolute Gasteiger partial charge is 0.237 e. The second kappa shape index (κ2) is 7.89. The number of sulfonamides is 1. The quantitative estimate of drug-likeness (QED) is 0.840. The standard InChI is InChI=1S/C17H20N2O3S/c1-19(13-15-8-4-2-5-9-15)17(20)12-18-23(21,22)14-16-10-6-3-7-11-16/h2-11,18H,12-14H2,1H3. The maximum atomic E-state index is 12.0. The molecule has 0 fully saturated rings. The Hall–Kier alpha value is -2.18. The van der Waals surface area contributed by atoms with Crippen molar-refractivity contribution in [3.63, 3.8) is 0 Å². The van der Waals surface area contributed by atoms with Gasteiger partial charge in [0.25, 0.3) is 0 Å². The predicted molar refractivity (Wildman–Crippen MR) is 90.0 cm³/mol. The minimum atomic E-state index is -3.53. The van der Waals surface area contributed by atoms with Crippen molar-refractivity contribution in [3.05, 3.63) is 71.8 Å². The molecule has 1 amide bonds. The van der Waals surface area contributed by atoms with E-state index in [-0.39, 0.29) is 18.2 Å². The van der Waals surface area contributed by atoms with Crippen LogP contribution in [0.3, 0.4) is 0 Å². The first-order valence-electron chi connectivity index (χ1n) is 7.25. The van der Waals surface area contributed by atoms with Gasteiger partial charge in [-0.1, -0.05) is 60.7 Å². The molecule has 23 heavy (non-hydrogen) atoms. The third-order valence-electron chi connectivity index (χ3n) is 3.33. The van der Waals surface area contributed by atoms with E-state index in [1.54, 1.807) is 31.3 Å². The van der Waals surface area contributed by atoms with Crippen LogP contribution in [0.1, 0.15) is 11.1 Å². The van der Waals surface area contributed by atoms with E-state index in [2.05, 4.69) is 4.72 Å². The lowest BCUT2D eigenvalue weighted by Gasteiger charge is -2.17. The van der Waals surface area contributed by atoms with Gasteiger partial charge in [0.15, 0.2) is 0 Å². The van der Waals surface area contributed by atoms with Crippen molar-refractivity contribution in [2.45, 2.75) is 12.3 Å². The fraction of sp³-hybridized carbons (Fsp3) is 0.235. The summed E-state index contributed by atoms with van der Waals surface area (Å²) in [6, 6.07) is 18.4. The summed E-state index contributed by atoms with van der Waals surface area (Å²) in [6.45, 7) is 0.207. The SMILES string of the molecule is CN(Cc1ccccc1)C(=O)CNS(=O)(=O)Cc1ccccc1. The zero-order valence-corrected chi connectivity index (χ0v) is 13.8. The van der Waals surface area contributed by atoms with Crippen molar-refractivity contribution in [2.24, 2.45) is 0 Å². The molecule has 122 valence electrons. The lowest BCUT2D eigenvalue weighted by Crippen LogP contribution is -2.38. The van der Waals surface area contributed by atoms with Gasteiger partial charge in [0.05, 0.1) is 12.3 Å². The van der Waals surface area contributed by atoms with Crippen LogP contribution < -0.4 is 4.72 Å². The van der Waals surface area contributed by atoms with Crippen LogP contribution in [0.2, 0.25) is 0 Å². The maximum absolute atomic E-state index is 12.0. The molecule has 0 saturated heterocycles. The molecule has 0 bridgehead atoms. The van der Waals surface area contributed by atoms with Crippen LogP contribution in [-0.2, 0) is 27.1 Å². The van der Waals surface area contributed by atoms with Crippen molar-refractivity contribution in [2.75, 3.05) is 13.6 Å². The molecule has 0 saturated carbocycles. The second-order valence-electron chi connectivity index (χ2n) is 5.30. The van der Waals surface area contributed by atoms with E-state index in [0.29, 0.717) is 12.1 Å². The summed E-state index contributed by atoms with van der Waals surface area (Å²) >= 11 is 0. The Morgan fingerprint density at radius 3 is 2.04 bits per heavy atom. The molecule has 0 aliphatic heterocycles. The van der Waals surface area contributed by atoms with Gasteiger partial charge in [-0.2, -0.15) is 0 Å². The highest BCUT2D eigenvalue weighted by Crippen LogP contribution is 2.05. The second-order valence-corrected chi connectivity index (χ2v) is 7.11. The molecular weight excluding hydrogens is 312 g/mol. The van der Waals surface area contributed by atoms with Crippen molar-refractivity contribution in [3.8, 4) is 0 Å². The third-order valence-corrected chi connectivity index (χ3v) is 4.63. The Bertz CT molecular complexity index is 731. The van der Waals surface area contributed by atoms with Crippen LogP contribution >= 0.6 is 0 Å². The van der Waals surface area contributed by atoms with Gasteiger partial charge in [0.1, 0.15) is 0 Å². The molecule has 2 aromatic carbocycles. The summed E-state index contributed by atoms with van der Waals surface area (Å²) in [5.41, 5.74) is 1.68. The van der Waals surface area contributed by atoms with E-state index in [1.165, 1.54) is 4.90 Å². The molecule has 6 heteroatoms. The lowest BCUT2D eigenvalue weighted by atomic mass is 10.2. The van der Waals surface area contributed by atoms with E-state index in [4.69, 9.17) is 0 Å². The van der Waals surface area contributed by atoms with Crippen LogP contribution in [0.15, 0.2) is 60.7 Å². The number of likely N-dealkylation sites (N-methyl/N-ethyl adjacent to an activating group) is 1. The van der Waals surface area contributed by atoms with Crippen LogP contribution in [-0.4, -0.2) is 32.8 Å². The monoisotopic (exact) mass is 332 g/mol. The average Bonchev–Trinajstić information content (AvgIpc) is 2.54. The topological polar surface area (TPSA) is 66.5 Å². The summed E-state index contributed by atoms with van der Waals surface area (Å²) in [7, 11) is -1.88. The van der Waals surface area contributed by atoms with Crippen LogP contribution in [0.4, 0.5) is 0 Å². The third kappa shape index (κ3) is 5.84. The van der Waals surface area contributed by atoms with Crippen molar-refractivity contribution >= 4 is 15.9 Å². The van der Waals surface area contributed by atoms with Gasteiger partial charge < -0.3 is 4.90 Å². The average molecular weight is 332 g/mol. The fourth-order valence-corrected chi connectivity index (χ4v) is 3.17. The normalized spacial score (nSPS) is 11.2. The van der Waals surface area contributed by atoms with Crippen molar-refractivity contribution in [1.82, 2.24) is 9.62 Å². The molecule has 0 aliphatic carbocycles. The Labute approximate surface area is 137 Å². The van der Waals surface area contributed by atoms with Crippen molar-refractivity contribution in [1.29, 1.82) is 0 Å². The molecule has 0 aromatic heterocycles. The number of carbonyl (C=O) groups is 1. The molecule has 0 unspecified atom stereocenters. The van der Waals surface area contributed by atoms with Gasteiger partial charge in [0.2, 0.25) is 15.9 Å². The summed E-state index contributed by atoms with van der Waals surface area (Å²) in [4.78, 5) is 13.5. The number of amides is 1. The van der Waals surface area contributed by atoms with Crippen molar-refractivity contribution < 1.29 is 13.2 Å². The minimum absolute atomic E-state index is 0.135. The number of hydrogen-bond acceptors (Lipinski definition) is 3. The number of benzene rings is 2. The Kier molecular flexibility index (Phi) is 5.90. The maximum Gasteiger partial charge on any atom is 0.237 e. The number of nitrogens with zero attached hydrogens (tertiary/aromatic N) is 1. The number of nitrogens with one attached hydrogen (secondary N) is 1. The summed E-state index contributed by atoms with van der Waals surface area (Å²) in [5, 5.41) is 0. The fourth-order valence-electron chi connectivity index (χ4n) is 2.10. The van der Waals surface area contributed by atoms with E-state index in [9.17, 15) is 13.2 Å². The number of rotatable bonds is 7. The van der Waals surface area contributed by atoms with E-state index in [1.807, 2.05) is 36.4 Å². The number of carbonyl (C=O) groups excluding carboxylic acids is 1. The zero-order valence-electron chi connectivity index (χ0n) is 13.0. The molecule has 2 aromatic rings. The molecule has 5 nitrogen and oxygen atoms in total. The van der Waals surface area contributed by atoms with Crippen LogP contribution in [0.25, 0.3) is 0 Å². The van der Waals surface area contributed by atoms with Crippen LogP contribution in [0, 0.1) is 0 Å². The Morgan fingerprint density at radius 1 is 0.957 bits per heavy atom. The molecule has 0 aliphatic rings. The molecular formula is C17H20N2O3S. The van der Waals surface area contributed by atoms with Gasteiger partial charge in [-0.25, -0.2) is 13.1 Å². The summed E-state index contributed by atoms with van der Waals surface area (Å²) in [5.74, 6) is -0.408. The van der Waals surface area contributed by atoms with Gasteiger partial charge in [-0.05, 0) is 11.1 Å². The first-order valence-corrected chi connectivity index (χ1v) is 8.91. The first-order chi connectivity index (χ1) is 11.0. The van der Waals surface area contributed by atoms with Gasteiger partial charge >= 0.3 is 0 Å². The Morgan fingerprint density at radius 2 is 1.48 bits per heavy atom. The van der Waals surface area contributed by atoms with Gasteiger partial charge in [0, 0.05) is 13.6 Å². The number of hydrogen-bond donors (Lipinski definition) is 1.